The third kappa shape index (κ3) is 7.12. The topological polar surface area (TPSA) is 68.2 Å². The second-order valence-electron chi connectivity index (χ2n) is 6.11. The molecule has 21 heavy (non-hydrogen) atoms. The van der Waals surface area contributed by atoms with Crippen LogP contribution in [0.3, 0.4) is 0 Å². The molecular weight excluding hydrogens is 336 g/mol. The van der Waals surface area contributed by atoms with Crippen LogP contribution in [-0.2, 0) is 12.3 Å². The highest BCUT2D eigenvalue weighted by Crippen LogP contribution is 2.17. The summed E-state index contributed by atoms with van der Waals surface area (Å²) in [7, 11) is -10.2. The standard InChI is InChI=1S/C12H26O5Si4/c1-18(15-19(2,3)13)16-21(6,17-20(4,5)14)12-10-8-7-9-11-12/h7-11,13-14,18H,1-6H3. The van der Waals surface area contributed by atoms with E-state index in [-0.39, 0.29) is 0 Å². The molecule has 2 N–H and O–H groups in total. The third-order valence-corrected chi connectivity index (χ3v) is 14.3. The van der Waals surface area contributed by atoms with Crippen LogP contribution in [0.15, 0.2) is 30.3 Å². The number of hydrogen-bond acceptors (Lipinski definition) is 5. The maximum Gasteiger partial charge on any atom is 0.351 e. The summed E-state index contributed by atoms with van der Waals surface area (Å²) in [4.78, 5) is 20.1. The van der Waals surface area contributed by atoms with Gasteiger partial charge in [0, 0.05) is 0 Å². The molecule has 0 spiro atoms. The molecule has 1 rings (SSSR count). The summed E-state index contributed by atoms with van der Waals surface area (Å²) < 4.78 is 17.8. The first-order chi connectivity index (χ1) is 9.41. The van der Waals surface area contributed by atoms with Gasteiger partial charge >= 0.3 is 35.0 Å². The summed E-state index contributed by atoms with van der Waals surface area (Å²) in [6, 6.07) is 9.69. The van der Waals surface area contributed by atoms with Crippen molar-refractivity contribution in [3.8, 4) is 0 Å². The lowest BCUT2D eigenvalue weighted by atomic mass is 10.4. The van der Waals surface area contributed by atoms with E-state index in [0.717, 1.165) is 5.19 Å². The molecule has 0 saturated carbocycles. The largest absolute Gasteiger partial charge is 0.418 e. The molecule has 0 aliphatic rings. The van der Waals surface area contributed by atoms with Crippen LogP contribution in [0, 0.1) is 0 Å². The summed E-state index contributed by atoms with van der Waals surface area (Å²) in [5.41, 5.74) is 0. The van der Waals surface area contributed by atoms with E-state index in [1.807, 2.05) is 43.4 Å². The average Bonchev–Trinajstić information content (AvgIpc) is 2.24. The van der Waals surface area contributed by atoms with Crippen LogP contribution < -0.4 is 5.19 Å². The zero-order valence-corrected chi connectivity index (χ0v) is 17.7. The third-order valence-electron chi connectivity index (χ3n) is 2.59. The minimum Gasteiger partial charge on any atom is -0.418 e. The van der Waals surface area contributed by atoms with Crippen molar-refractivity contribution in [3.63, 3.8) is 0 Å². The van der Waals surface area contributed by atoms with Gasteiger partial charge in [-0.3, -0.25) is 0 Å². The van der Waals surface area contributed by atoms with E-state index in [9.17, 15) is 9.59 Å². The number of rotatable bonds is 7. The van der Waals surface area contributed by atoms with Crippen molar-refractivity contribution in [2.24, 2.45) is 0 Å². The van der Waals surface area contributed by atoms with Gasteiger partial charge in [0.05, 0.1) is 0 Å². The Balaban J connectivity index is 2.98. The van der Waals surface area contributed by atoms with E-state index in [4.69, 9.17) is 12.3 Å². The quantitative estimate of drug-likeness (QED) is 0.715. The minimum atomic E-state index is -2.76. The lowest BCUT2D eigenvalue weighted by Gasteiger charge is -2.35. The summed E-state index contributed by atoms with van der Waals surface area (Å²) in [6.45, 7) is 10.7. The second-order valence-corrected chi connectivity index (χ2v) is 18.2. The van der Waals surface area contributed by atoms with E-state index >= 15 is 0 Å². The fraction of sp³-hybridized carbons (Fsp3) is 0.500. The fourth-order valence-corrected chi connectivity index (χ4v) is 14.8. The van der Waals surface area contributed by atoms with E-state index in [1.165, 1.54) is 0 Å². The first-order valence-electron chi connectivity index (χ1n) is 6.97. The van der Waals surface area contributed by atoms with Gasteiger partial charge in [-0.25, -0.2) is 0 Å². The van der Waals surface area contributed by atoms with E-state index in [0.29, 0.717) is 0 Å². The lowest BCUT2D eigenvalue weighted by Crippen LogP contribution is -2.60. The number of benzene rings is 1. The number of hydrogen-bond donors (Lipinski definition) is 2. The Morgan fingerprint density at radius 2 is 1.38 bits per heavy atom. The zero-order chi connectivity index (χ0) is 16.3. The second kappa shape index (κ2) is 6.98. The Bertz CT molecular complexity index is 445. The van der Waals surface area contributed by atoms with Crippen molar-refractivity contribution < 1.29 is 21.9 Å². The molecule has 5 nitrogen and oxygen atoms in total. The molecule has 0 heterocycles. The Labute approximate surface area is 132 Å². The monoisotopic (exact) mass is 362 g/mol. The van der Waals surface area contributed by atoms with E-state index in [2.05, 4.69) is 0 Å². The van der Waals surface area contributed by atoms with Gasteiger partial charge in [0.25, 0.3) is 0 Å². The first-order valence-corrected chi connectivity index (χ1v) is 17.1. The molecule has 120 valence electrons. The van der Waals surface area contributed by atoms with Crippen molar-refractivity contribution in [3.05, 3.63) is 30.3 Å². The highest BCUT2D eigenvalue weighted by molar-refractivity contribution is 6.90. The molecule has 0 saturated heterocycles. The predicted octanol–water partition coefficient (Wildman–Crippen LogP) is 1.25. The van der Waals surface area contributed by atoms with Crippen molar-refractivity contribution in [1.82, 2.24) is 0 Å². The van der Waals surface area contributed by atoms with Crippen LogP contribution in [-0.4, -0.2) is 44.6 Å². The summed E-state index contributed by atoms with van der Waals surface area (Å²) >= 11 is 0. The fourth-order valence-electron chi connectivity index (χ4n) is 2.12. The molecule has 0 fully saturated rings. The first kappa shape index (κ1) is 18.9. The van der Waals surface area contributed by atoms with Crippen LogP contribution in [0.1, 0.15) is 0 Å². The van der Waals surface area contributed by atoms with Gasteiger partial charge in [0.1, 0.15) is 0 Å². The molecule has 0 aliphatic carbocycles. The van der Waals surface area contributed by atoms with Gasteiger partial charge in [0.15, 0.2) is 0 Å². The van der Waals surface area contributed by atoms with Crippen LogP contribution in [0.2, 0.25) is 39.3 Å². The van der Waals surface area contributed by atoms with Crippen LogP contribution >= 0.6 is 0 Å². The molecule has 0 bridgehead atoms. The van der Waals surface area contributed by atoms with Gasteiger partial charge < -0.3 is 21.9 Å². The Kier molecular flexibility index (Phi) is 6.29. The maximum atomic E-state index is 10.2. The lowest BCUT2D eigenvalue weighted by molar-refractivity contribution is 0.298. The summed E-state index contributed by atoms with van der Waals surface area (Å²) in [5, 5.41) is 0.958. The molecule has 0 aromatic heterocycles. The highest BCUT2D eigenvalue weighted by Gasteiger charge is 2.42. The van der Waals surface area contributed by atoms with Crippen molar-refractivity contribution >= 4 is 40.2 Å². The predicted molar refractivity (Wildman–Crippen MR) is 93.4 cm³/mol. The zero-order valence-electron chi connectivity index (χ0n) is 13.6. The molecule has 1 aromatic rings. The minimum absolute atomic E-state index is 0.958. The van der Waals surface area contributed by atoms with Gasteiger partial charge in [0.2, 0.25) is 0 Å². The van der Waals surface area contributed by atoms with E-state index in [1.54, 1.807) is 26.2 Å². The van der Waals surface area contributed by atoms with Gasteiger partial charge in [-0.2, -0.15) is 0 Å². The molecule has 2 atom stereocenters. The van der Waals surface area contributed by atoms with E-state index < -0.39 is 35.0 Å². The molecule has 1 aromatic carbocycles. The molecular formula is C12H26O5Si4. The molecule has 0 aliphatic heterocycles. The Morgan fingerprint density at radius 1 is 0.857 bits per heavy atom. The molecule has 9 heteroatoms. The van der Waals surface area contributed by atoms with Crippen LogP contribution in [0.5, 0.6) is 0 Å². The molecule has 2 unspecified atom stereocenters. The highest BCUT2D eigenvalue weighted by atomic mass is 28.5. The molecule has 0 radical (unpaired) electrons. The Hall–Kier alpha value is -0.112. The normalized spacial score (nSPS) is 17.3. The van der Waals surface area contributed by atoms with Gasteiger partial charge in [-0.15, -0.1) is 0 Å². The van der Waals surface area contributed by atoms with Crippen molar-refractivity contribution in [2.45, 2.75) is 39.3 Å². The van der Waals surface area contributed by atoms with Gasteiger partial charge in [-0.05, 0) is 44.5 Å². The summed E-state index contributed by atoms with van der Waals surface area (Å²) in [5.74, 6) is 0. The van der Waals surface area contributed by atoms with Crippen LogP contribution in [0.4, 0.5) is 0 Å². The van der Waals surface area contributed by atoms with Gasteiger partial charge in [-0.1, -0.05) is 30.3 Å². The van der Waals surface area contributed by atoms with Crippen molar-refractivity contribution in [1.29, 1.82) is 0 Å². The Morgan fingerprint density at radius 3 is 1.81 bits per heavy atom. The average molecular weight is 363 g/mol. The van der Waals surface area contributed by atoms with Crippen LogP contribution in [0.25, 0.3) is 0 Å². The smallest absolute Gasteiger partial charge is 0.351 e. The maximum absolute atomic E-state index is 10.2. The van der Waals surface area contributed by atoms with Crippen molar-refractivity contribution in [2.75, 3.05) is 0 Å². The SMILES string of the molecule is C[SiH](O[Si](C)(C)O)O[Si](C)(O[Si](C)(C)O)c1ccccc1. The molecule has 0 amide bonds. The summed E-state index contributed by atoms with van der Waals surface area (Å²) in [6.07, 6.45) is 0.